The highest BCUT2D eigenvalue weighted by molar-refractivity contribution is 9.10. The maximum Gasteiger partial charge on any atom is 0.161 e. The van der Waals surface area contributed by atoms with Crippen molar-refractivity contribution in [3.8, 4) is 0 Å². The molecule has 1 aromatic rings. The molecule has 0 radical (unpaired) electrons. The fourth-order valence-corrected chi connectivity index (χ4v) is 3.20. The van der Waals surface area contributed by atoms with Gasteiger partial charge in [-0.3, -0.25) is 4.99 Å². The molecular weight excluding hydrogens is 296 g/mol. The van der Waals surface area contributed by atoms with Crippen LogP contribution in [0.3, 0.4) is 0 Å². The first-order chi connectivity index (χ1) is 8.08. The summed E-state index contributed by atoms with van der Waals surface area (Å²) in [5.74, 6) is 1.70. The second kappa shape index (κ2) is 5.44. The Morgan fingerprint density at radius 3 is 2.88 bits per heavy atom. The van der Waals surface area contributed by atoms with E-state index in [0.717, 1.165) is 21.1 Å². The molecule has 0 amide bonds. The first-order valence-corrected chi connectivity index (χ1v) is 7.58. The average Bonchev–Trinajstić information content (AvgIpc) is 2.73. The number of nitrogens with one attached hydrogen (secondary N) is 1. The van der Waals surface area contributed by atoms with Gasteiger partial charge in [0.05, 0.1) is 11.7 Å². The van der Waals surface area contributed by atoms with Crippen LogP contribution in [0.4, 0.5) is 5.69 Å². The SMILES string of the molecule is Cc1cccc(NC2=N[C@@H](C(C)C)CS2)c1Br. The van der Waals surface area contributed by atoms with Gasteiger partial charge in [0.15, 0.2) is 5.17 Å². The molecule has 1 aliphatic heterocycles. The number of hydrogen-bond donors (Lipinski definition) is 1. The molecule has 0 aromatic heterocycles. The number of hydrogen-bond acceptors (Lipinski definition) is 3. The summed E-state index contributed by atoms with van der Waals surface area (Å²) in [6.07, 6.45) is 0. The average molecular weight is 313 g/mol. The summed E-state index contributed by atoms with van der Waals surface area (Å²) in [4.78, 5) is 4.70. The number of nitrogens with zero attached hydrogens (tertiary/aromatic N) is 1. The van der Waals surface area contributed by atoms with Gasteiger partial charge in [0.1, 0.15) is 0 Å². The van der Waals surface area contributed by atoms with Crippen LogP contribution in [0.2, 0.25) is 0 Å². The number of amidine groups is 1. The molecule has 2 nitrogen and oxygen atoms in total. The Hall–Kier alpha value is -0.480. The van der Waals surface area contributed by atoms with Crippen LogP contribution in [-0.4, -0.2) is 17.0 Å². The Bertz CT molecular complexity index is 443. The van der Waals surface area contributed by atoms with Crippen molar-refractivity contribution in [2.24, 2.45) is 10.9 Å². The molecule has 0 fully saturated rings. The van der Waals surface area contributed by atoms with E-state index in [0.29, 0.717) is 12.0 Å². The van der Waals surface area contributed by atoms with Crippen LogP contribution < -0.4 is 5.32 Å². The maximum atomic E-state index is 4.70. The minimum absolute atomic E-state index is 0.450. The van der Waals surface area contributed by atoms with Crippen molar-refractivity contribution in [2.75, 3.05) is 11.1 Å². The van der Waals surface area contributed by atoms with Crippen molar-refractivity contribution >= 4 is 38.5 Å². The highest BCUT2D eigenvalue weighted by atomic mass is 79.9. The molecule has 92 valence electrons. The molecule has 1 N–H and O–H groups in total. The molecule has 0 unspecified atom stereocenters. The standard InChI is InChI=1S/C13H17BrN2S/c1-8(2)11-7-17-13(16-11)15-10-6-4-5-9(3)12(10)14/h4-6,8,11H,7H2,1-3H3,(H,15,16)/t11-/m1/s1. The summed E-state index contributed by atoms with van der Waals surface area (Å²) in [7, 11) is 0. The molecule has 0 saturated heterocycles. The largest absolute Gasteiger partial charge is 0.334 e. The number of benzene rings is 1. The zero-order valence-corrected chi connectivity index (χ0v) is 12.7. The Morgan fingerprint density at radius 1 is 1.47 bits per heavy atom. The Labute approximate surface area is 115 Å². The fraction of sp³-hybridized carbons (Fsp3) is 0.462. The summed E-state index contributed by atoms with van der Waals surface area (Å²) in [5.41, 5.74) is 2.33. The third-order valence-electron chi connectivity index (χ3n) is 2.88. The lowest BCUT2D eigenvalue weighted by molar-refractivity contribution is 0.543. The van der Waals surface area contributed by atoms with Gasteiger partial charge in [-0.15, -0.1) is 0 Å². The van der Waals surface area contributed by atoms with Crippen molar-refractivity contribution in [1.29, 1.82) is 0 Å². The van der Waals surface area contributed by atoms with Crippen LogP contribution >= 0.6 is 27.7 Å². The van der Waals surface area contributed by atoms with E-state index in [1.54, 1.807) is 11.8 Å². The second-order valence-electron chi connectivity index (χ2n) is 4.62. The molecular formula is C13H17BrN2S. The smallest absolute Gasteiger partial charge is 0.161 e. The van der Waals surface area contributed by atoms with Gasteiger partial charge in [-0.1, -0.05) is 37.7 Å². The van der Waals surface area contributed by atoms with Crippen LogP contribution in [0.5, 0.6) is 0 Å². The maximum absolute atomic E-state index is 4.70. The van der Waals surface area contributed by atoms with Crippen molar-refractivity contribution in [3.63, 3.8) is 0 Å². The lowest BCUT2D eigenvalue weighted by Gasteiger charge is -2.09. The number of thioether (sulfide) groups is 1. The van der Waals surface area contributed by atoms with E-state index in [1.165, 1.54) is 5.56 Å². The van der Waals surface area contributed by atoms with Gasteiger partial charge in [0, 0.05) is 10.2 Å². The molecule has 0 aliphatic carbocycles. The fourth-order valence-electron chi connectivity index (χ4n) is 1.66. The third-order valence-corrected chi connectivity index (χ3v) is 4.92. The number of aliphatic imine (C=N–C) groups is 1. The topological polar surface area (TPSA) is 24.4 Å². The van der Waals surface area contributed by atoms with Crippen molar-refractivity contribution in [3.05, 3.63) is 28.2 Å². The molecule has 1 aliphatic rings. The van der Waals surface area contributed by atoms with Crippen molar-refractivity contribution in [1.82, 2.24) is 0 Å². The number of halogens is 1. The van der Waals surface area contributed by atoms with E-state index in [4.69, 9.17) is 4.99 Å². The summed E-state index contributed by atoms with van der Waals surface area (Å²) in [5, 5.41) is 4.44. The molecule has 17 heavy (non-hydrogen) atoms. The van der Waals surface area contributed by atoms with E-state index in [1.807, 2.05) is 0 Å². The number of aryl methyl sites for hydroxylation is 1. The van der Waals surface area contributed by atoms with Gasteiger partial charge >= 0.3 is 0 Å². The first-order valence-electron chi connectivity index (χ1n) is 5.80. The zero-order valence-electron chi connectivity index (χ0n) is 10.3. The van der Waals surface area contributed by atoms with Crippen molar-refractivity contribution in [2.45, 2.75) is 26.8 Å². The van der Waals surface area contributed by atoms with E-state index >= 15 is 0 Å². The third kappa shape index (κ3) is 3.05. The van der Waals surface area contributed by atoms with Crippen LogP contribution in [0.25, 0.3) is 0 Å². The summed E-state index contributed by atoms with van der Waals surface area (Å²) >= 11 is 5.41. The molecule has 0 spiro atoms. The molecule has 0 bridgehead atoms. The van der Waals surface area contributed by atoms with Crippen molar-refractivity contribution < 1.29 is 0 Å². The minimum Gasteiger partial charge on any atom is -0.334 e. The lowest BCUT2D eigenvalue weighted by atomic mass is 10.1. The van der Waals surface area contributed by atoms with Crippen LogP contribution in [0.15, 0.2) is 27.7 Å². The quantitative estimate of drug-likeness (QED) is 0.880. The predicted octanol–water partition coefficient (Wildman–Crippen LogP) is 4.30. The second-order valence-corrected chi connectivity index (χ2v) is 6.42. The summed E-state index contributed by atoms with van der Waals surface area (Å²) in [6, 6.07) is 6.67. The van der Waals surface area contributed by atoms with Gasteiger partial charge < -0.3 is 5.32 Å². The normalized spacial score (nSPS) is 19.6. The minimum atomic E-state index is 0.450. The highest BCUT2D eigenvalue weighted by Gasteiger charge is 2.21. The molecule has 4 heteroatoms. The van der Waals surface area contributed by atoms with Gasteiger partial charge in [0.2, 0.25) is 0 Å². The van der Waals surface area contributed by atoms with E-state index < -0.39 is 0 Å². The molecule has 1 heterocycles. The first kappa shape index (κ1) is 13.0. The molecule has 2 rings (SSSR count). The highest BCUT2D eigenvalue weighted by Crippen LogP contribution is 2.29. The predicted molar refractivity (Wildman–Crippen MR) is 81.0 cm³/mol. The number of rotatable bonds is 2. The van der Waals surface area contributed by atoms with E-state index in [-0.39, 0.29) is 0 Å². The molecule has 1 atom stereocenters. The monoisotopic (exact) mass is 312 g/mol. The Morgan fingerprint density at radius 2 is 2.24 bits per heavy atom. The summed E-state index contributed by atoms with van der Waals surface area (Å²) in [6.45, 7) is 6.54. The van der Waals surface area contributed by atoms with Crippen LogP contribution in [0, 0.1) is 12.8 Å². The van der Waals surface area contributed by atoms with Gasteiger partial charge in [-0.25, -0.2) is 0 Å². The van der Waals surface area contributed by atoms with Crippen LogP contribution in [0.1, 0.15) is 19.4 Å². The summed E-state index contributed by atoms with van der Waals surface area (Å²) < 4.78 is 1.12. The Kier molecular flexibility index (Phi) is 4.15. The molecule has 1 aromatic carbocycles. The van der Waals surface area contributed by atoms with E-state index in [9.17, 15) is 0 Å². The zero-order chi connectivity index (χ0) is 12.4. The Balaban J connectivity index is 2.12. The lowest BCUT2D eigenvalue weighted by Crippen LogP contribution is -2.12. The van der Waals surface area contributed by atoms with E-state index in [2.05, 4.69) is 60.2 Å². The van der Waals surface area contributed by atoms with Gasteiger partial charge in [-0.2, -0.15) is 0 Å². The van der Waals surface area contributed by atoms with Crippen LogP contribution in [-0.2, 0) is 0 Å². The molecule has 0 saturated carbocycles. The number of anilines is 1. The van der Waals surface area contributed by atoms with Gasteiger partial charge in [-0.05, 0) is 40.4 Å². The van der Waals surface area contributed by atoms with Gasteiger partial charge in [0.25, 0.3) is 0 Å².